The molecular weight excluding hydrogens is 400 g/mol. The number of para-hydroxylation sites is 1. The van der Waals surface area contributed by atoms with E-state index in [1.165, 1.54) is 0 Å². The van der Waals surface area contributed by atoms with Gasteiger partial charge in [-0.15, -0.1) is 0 Å². The van der Waals surface area contributed by atoms with Crippen LogP contribution in [0.2, 0.25) is 0 Å². The fraction of sp³-hybridized carbons (Fsp3) is 0.524. The van der Waals surface area contributed by atoms with E-state index in [9.17, 15) is 8.42 Å². The van der Waals surface area contributed by atoms with Gasteiger partial charge >= 0.3 is 0 Å². The van der Waals surface area contributed by atoms with E-state index in [2.05, 4.69) is 22.1 Å². The first-order valence-corrected chi connectivity index (χ1v) is 12.2. The molecule has 0 radical (unpaired) electrons. The third-order valence-corrected chi connectivity index (χ3v) is 8.20. The zero-order chi connectivity index (χ0) is 20.7. The highest BCUT2D eigenvalue weighted by molar-refractivity contribution is 7.86. The first-order chi connectivity index (χ1) is 14.5. The number of piperazine rings is 1. The Kier molecular flexibility index (Phi) is 5.12. The number of hydrogen-bond donors (Lipinski definition) is 0. The smallest absolute Gasteiger partial charge is 0.282 e. The molecule has 0 spiro atoms. The maximum atomic E-state index is 13.1. The zero-order valence-corrected chi connectivity index (χ0v) is 18.2. The second-order valence-electron chi connectivity index (χ2n) is 8.22. The lowest BCUT2D eigenvalue weighted by molar-refractivity contribution is 0.327. The molecule has 2 aromatic heterocycles. The van der Waals surface area contributed by atoms with Crippen molar-refractivity contribution in [2.45, 2.75) is 32.6 Å². The molecule has 5 rings (SSSR count). The van der Waals surface area contributed by atoms with Crippen molar-refractivity contribution in [2.75, 3.05) is 44.2 Å². The zero-order valence-electron chi connectivity index (χ0n) is 17.4. The van der Waals surface area contributed by atoms with Gasteiger partial charge in [-0.3, -0.25) is 0 Å². The second kappa shape index (κ2) is 7.79. The Labute approximate surface area is 177 Å². The summed E-state index contributed by atoms with van der Waals surface area (Å²) in [6.45, 7) is 5.49. The molecule has 0 bridgehead atoms. The minimum absolute atomic E-state index is 0.484. The van der Waals surface area contributed by atoms with E-state index in [4.69, 9.17) is 4.98 Å². The normalized spacial score (nSPS) is 20.1. The van der Waals surface area contributed by atoms with Crippen LogP contribution in [0.5, 0.6) is 0 Å². The van der Waals surface area contributed by atoms with Crippen LogP contribution < -0.4 is 4.90 Å². The van der Waals surface area contributed by atoms with Crippen LogP contribution in [0.4, 0.5) is 5.82 Å². The predicted molar refractivity (Wildman–Crippen MR) is 118 cm³/mol. The Morgan fingerprint density at radius 2 is 1.53 bits per heavy atom. The maximum absolute atomic E-state index is 13.1. The van der Waals surface area contributed by atoms with Crippen molar-refractivity contribution < 1.29 is 8.42 Å². The molecule has 2 fully saturated rings. The van der Waals surface area contributed by atoms with Crippen molar-refractivity contribution in [1.29, 1.82) is 0 Å². The summed E-state index contributed by atoms with van der Waals surface area (Å²) in [6, 6.07) is 10.1. The molecule has 3 aromatic rings. The fourth-order valence-electron chi connectivity index (χ4n) is 4.57. The summed E-state index contributed by atoms with van der Waals surface area (Å²) in [7, 11) is -3.38. The highest BCUT2D eigenvalue weighted by Crippen LogP contribution is 2.28. The number of fused-ring (bicyclic) bond motifs is 3. The molecule has 9 heteroatoms. The monoisotopic (exact) mass is 428 g/mol. The Hall–Kier alpha value is -2.23. The van der Waals surface area contributed by atoms with E-state index in [0.29, 0.717) is 39.3 Å². The molecule has 4 heterocycles. The summed E-state index contributed by atoms with van der Waals surface area (Å²) in [5.41, 5.74) is 2.77. The quantitative estimate of drug-likeness (QED) is 0.641. The largest absolute Gasteiger partial charge is 0.353 e. The van der Waals surface area contributed by atoms with Crippen molar-refractivity contribution in [2.24, 2.45) is 0 Å². The first kappa shape index (κ1) is 19.7. The van der Waals surface area contributed by atoms with Crippen molar-refractivity contribution in [3.63, 3.8) is 0 Å². The molecule has 30 heavy (non-hydrogen) atoms. The van der Waals surface area contributed by atoms with Crippen LogP contribution in [0.25, 0.3) is 16.6 Å². The highest BCUT2D eigenvalue weighted by Gasteiger charge is 2.33. The Bertz CT molecular complexity index is 1160. The summed E-state index contributed by atoms with van der Waals surface area (Å²) in [5, 5.41) is 5.61. The van der Waals surface area contributed by atoms with Gasteiger partial charge in [-0.25, -0.2) is 9.50 Å². The van der Waals surface area contributed by atoms with Crippen LogP contribution in [0.15, 0.2) is 30.3 Å². The van der Waals surface area contributed by atoms with Crippen molar-refractivity contribution >= 4 is 32.6 Å². The van der Waals surface area contributed by atoms with Crippen molar-refractivity contribution in [1.82, 2.24) is 23.2 Å². The third-order valence-electron chi connectivity index (χ3n) is 6.16. The van der Waals surface area contributed by atoms with Gasteiger partial charge in [0.1, 0.15) is 5.82 Å². The minimum atomic E-state index is -3.38. The number of rotatable bonds is 3. The van der Waals surface area contributed by atoms with Gasteiger partial charge in [0.25, 0.3) is 10.2 Å². The third kappa shape index (κ3) is 3.44. The Morgan fingerprint density at radius 1 is 0.867 bits per heavy atom. The summed E-state index contributed by atoms with van der Waals surface area (Å²) in [6.07, 6.45) is 4.16. The maximum Gasteiger partial charge on any atom is 0.282 e. The molecule has 8 nitrogen and oxygen atoms in total. The predicted octanol–water partition coefficient (Wildman–Crippen LogP) is 2.43. The molecule has 0 unspecified atom stereocenters. The molecule has 2 saturated heterocycles. The van der Waals surface area contributed by atoms with Gasteiger partial charge in [0, 0.05) is 50.7 Å². The summed E-state index contributed by atoms with van der Waals surface area (Å²) >= 11 is 0. The van der Waals surface area contributed by atoms with Crippen LogP contribution in [-0.4, -0.2) is 70.9 Å². The summed E-state index contributed by atoms with van der Waals surface area (Å²) in [4.78, 5) is 7.09. The average molecular weight is 429 g/mol. The molecule has 160 valence electrons. The SMILES string of the molecule is Cc1cc2nc(N3CCN(S(=O)(=O)N4CCCCCC4)CC3)c3ccccc3n2n1. The van der Waals surface area contributed by atoms with E-state index in [1.807, 2.05) is 29.6 Å². The number of aromatic nitrogens is 3. The molecule has 0 amide bonds. The standard InChI is InChI=1S/C21H28N6O2S/c1-17-16-20-22-21(18-8-4-5-9-19(18)27(20)23-17)24-12-14-26(15-13-24)30(28,29)25-10-6-2-3-7-11-25/h4-5,8-9,16H,2-3,6-7,10-15H2,1H3. The lowest BCUT2D eigenvalue weighted by Gasteiger charge is -2.37. The van der Waals surface area contributed by atoms with Gasteiger partial charge in [0.2, 0.25) is 0 Å². The van der Waals surface area contributed by atoms with Crippen LogP contribution in [0.3, 0.4) is 0 Å². The van der Waals surface area contributed by atoms with Crippen LogP contribution in [-0.2, 0) is 10.2 Å². The van der Waals surface area contributed by atoms with E-state index < -0.39 is 10.2 Å². The minimum Gasteiger partial charge on any atom is -0.353 e. The van der Waals surface area contributed by atoms with Gasteiger partial charge in [-0.05, 0) is 31.9 Å². The van der Waals surface area contributed by atoms with Gasteiger partial charge in [-0.2, -0.15) is 22.1 Å². The topological polar surface area (TPSA) is 74.1 Å². The Balaban J connectivity index is 1.41. The summed E-state index contributed by atoms with van der Waals surface area (Å²) in [5.74, 6) is 0.907. The first-order valence-electron chi connectivity index (χ1n) is 10.8. The highest BCUT2D eigenvalue weighted by atomic mass is 32.2. The van der Waals surface area contributed by atoms with Gasteiger partial charge < -0.3 is 4.90 Å². The summed E-state index contributed by atoms with van der Waals surface area (Å²) < 4.78 is 31.5. The van der Waals surface area contributed by atoms with Crippen molar-refractivity contribution in [3.8, 4) is 0 Å². The van der Waals surface area contributed by atoms with E-state index in [0.717, 1.165) is 53.7 Å². The number of nitrogens with zero attached hydrogens (tertiary/aromatic N) is 6. The number of benzene rings is 1. The van der Waals surface area contributed by atoms with E-state index in [1.54, 1.807) is 8.61 Å². The lowest BCUT2D eigenvalue weighted by atomic mass is 10.2. The molecule has 0 N–H and O–H groups in total. The van der Waals surface area contributed by atoms with Gasteiger partial charge in [0.05, 0.1) is 11.2 Å². The average Bonchev–Trinajstić information content (AvgIpc) is 2.95. The molecule has 0 saturated carbocycles. The molecule has 1 aromatic carbocycles. The van der Waals surface area contributed by atoms with Crippen molar-refractivity contribution in [3.05, 3.63) is 36.0 Å². The molecule has 2 aliphatic heterocycles. The fourth-order valence-corrected chi connectivity index (χ4v) is 6.24. The molecular formula is C21H28N6O2S. The van der Waals surface area contributed by atoms with Gasteiger partial charge in [0.15, 0.2) is 5.65 Å². The number of hydrogen-bond acceptors (Lipinski definition) is 5. The molecule has 0 atom stereocenters. The van der Waals surface area contributed by atoms with Gasteiger partial charge in [-0.1, -0.05) is 25.0 Å². The Morgan fingerprint density at radius 3 is 2.27 bits per heavy atom. The van der Waals surface area contributed by atoms with Crippen LogP contribution in [0.1, 0.15) is 31.4 Å². The second-order valence-corrected chi connectivity index (χ2v) is 10.1. The van der Waals surface area contributed by atoms with E-state index in [-0.39, 0.29) is 0 Å². The number of anilines is 1. The molecule has 2 aliphatic rings. The van der Waals surface area contributed by atoms with E-state index >= 15 is 0 Å². The lowest BCUT2D eigenvalue weighted by Crippen LogP contribution is -2.53. The molecule has 0 aliphatic carbocycles. The number of aryl methyl sites for hydroxylation is 1. The van der Waals surface area contributed by atoms with Crippen LogP contribution >= 0.6 is 0 Å². The van der Waals surface area contributed by atoms with Crippen LogP contribution in [0, 0.1) is 6.92 Å².